The van der Waals surface area contributed by atoms with Gasteiger partial charge in [0.25, 0.3) is 10.1 Å². The highest BCUT2D eigenvalue weighted by molar-refractivity contribution is 7.86. The lowest BCUT2D eigenvalue weighted by molar-refractivity contribution is 0.0850. The maximum atomic E-state index is 12.2. The van der Waals surface area contributed by atoms with Gasteiger partial charge in [0.1, 0.15) is 6.10 Å². The van der Waals surface area contributed by atoms with Gasteiger partial charge in [-0.15, -0.1) is 0 Å². The van der Waals surface area contributed by atoms with Gasteiger partial charge in [-0.1, -0.05) is 31.5 Å². The lowest BCUT2D eigenvalue weighted by Crippen LogP contribution is -2.39. The average Bonchev–Trinajstić information content (AvgIpc) is 2.86. The molecule has 1 aliphatic heterocycles. The van der Waals surface area contributed by atoms with Crippen molar-refractivity contribution in [3.05, 3.63) is 29.8 Å². The van der Waals surface area contributed by atoms with Crippen molar-refractivity contribution < 1.29 is 22.1 Å². The fourth-order valence-electron chi connectivity index (χ4n) is 2.29. The third-order valence-corrected chi connectivity index (χ3v) is 5.16. The summed E-state index contributed by atoms with van der Waals surface area (Å²) in [4.78, 5) is 11.5. The number of hydrogen-bond acceptors (Lipinski definition) is 5. The van der Waals surface area contributed by atoms with Gasteiger partial charge >= 0.3 is 6.09 Å². The van der Waals surface area contributed by atoms with E-state index < -0.39 is 22.3 Å². The van der Waals surface area contributed by atoms with Crippen molar-refractivity contribution in [2.24, 2.45) is 5.92 Å². The summed E-state index contributed by atoms with van der Waals surface area (Å²) in [5.41, 5.74) is 0.965. The highest BCUT2D eigenvalue weighted by Crippen LogP contribution is 2.22. The first kappa shape index (κ1) is 16.8. The molecule has 0 spiro atoms. The molecule has 1 fully saturated rings. The lowest BCUT2D eigenvalue weighted by Gasteiger charge is -2.21. The molecule has 1 heterocycles. The second-order valence-electron chi connectivity index (χ2n) is 5.56. The first-order valence-electron chi connectivity index (χ1n) is 7.26. The number of alkyl carbamates (subject to hydrolysis) is 1. The third kappa shape index (κ3) is 3.78. The van der Waals surface area contributed by atoms with E-state index in [1.54, 1.807) is 12.1 Å². The van der Waals surface area contributed by atoms with E-state index in [1.165, 1.54) is 12.1 Å². The normalized spacial score (nSPS) is 23.0. The molecule has 22 heavy (non-hydrogen) atoms. The van der Waals surface area contributed by atoms with Gasteiger partial charge < -0.3 is 10.1 Å². The van der Waals surface area contributed by atoms with Crippen LogP contribution in [0.3, 0.4) is 0 Å². The Morgan fingerprint density at radius 1 is 1.32 bits per heavy atom. The molecule has 6 nitrogen and oxygen atoms in total. The molecule has 1 aromatic rings. The SMILES string of the molecule is CCC(C)C1OC(=O)N[C@@H]1COS(=O)(=O)c1ccc(C)cc1. The number of hydrogen-bond donors (Lipinski definition) is 1. The number of rotatable bonds is 6. The largest absolute Gasteiger partial charge is 0.444 e. The molecule has 1 saturated heterocycles. The van der Waals surface area contributed by atoms with Gasteiger partial charge in [-0.05, 0) is 31.4 Å². The van der Waals surface area contributed by atoms with Crippen LogP contribution in [0.2, 0.25) is 0 Å². The molecule has 0 aliphatic carbocycles. The number of carbonyl (C=O) groups excluding carboxylic acids is 1. The standard InChI is InChI=1S/C15H21NO5S/c1-4-11(3)14-13(16-15(17)21-14)9-20-22(18,19)12-7-5-10(2)6-8-12/h5-8,11,13-14H,4,9H2,1-3H3,(H,16,17)/t11?,13-,14?/m1/s1. The van der Waals surface area contributed by atoms with Crippen molar-refractivity contribution in [2.75, 3.05) is 6.61 Å². The number of nitrogens with one attached hydrogen (secondary N) is 1. The van der Waals surface area contributed by atoms with Crippen molar-refractivity contribution in [3.63, 3.8) is 0 Å². The van der Waals surface area contributed by atoms with Gasteiger partial charge in [-0.2, -0.15) is 8.42 Å². The smallest absolute Gasteiger partial charge is 0.407 e. The number of benzene rings is 1. The first-order chi connectivity index (χ1) is 10.3. The van der Waals surface area contributed by atoms with Crippen LogP contribution >= 0.6 is 0 Å². The third-order valence-electron chi connectivity index (χ3n) is 3.86. The van der Waals surface area contributed by atoms with E-state index >= 15 is 0 Å². The van der Waals surface area contributed by atoms with Crippen molar-refractivity contribution in [1.82, 2.24) is 5.32 Å². The molecule has 0 aromatic heterocycles. The predicted octanol–water partition coefficient (Wildman–Crippen LogP) is 2.22. The Bertz CT molecular complexity index is 626. The van der Waals surface area contributed by atoms with Crippen LogP contribution < -0.4 is 5.32 Å². The monoisotopic (exact) mass is 327 g/mol. The van der Waals surface area contributed by atoms with E-state index in [2.05, 4.69) is 5.32 Å². The predicted molar refractivity (Wildman–Crippen MR) is 81.0 cm³/mol. The number of amides is 1. The number of carbonyl (C=O) groups is 1. The molecule has 1 aromatic carbocycles. The number of cyclic esters (lactones) is 1. The molecule has 3 atom stereocenters. The molecule has 7 heteroatoms. The summed E-state index contributed by atoms with van der Waals surface area (Å²) in [6.07, 6.45) is -0.0988. The Morgan fingerprint density at radius 3 is 2.55 bits per heavy atom. The molecule has 0 saturated carbocycles. The number of aryl methyl sites for hydroxylation is 1. The summed E-state index contributed by atoms with van der Waals surface area (Å²) >= 11 is 0. The van der Waals surface area contributed by atoms with Crippen molar-refractivity contribution in [2.45, 2.75) is 44.2 Å². The number of ether oxygens (including phenoxy) is 1. The summed E-state index contributed by atoms with van der Waals surface area (Å²) in [6.45, 7) is 5.67. The van der Waals surface area contributed by atoms with Crippen LogP contribution in [0.25, 0.3) is 0 Å². The maximum absolute atomic E-state index is 12.2. The highest BCUT2D eigenvalue weighted by atomic mass is 32.2. The fraction of sp³-hybridized carbons (Fsp3) is 0.533. The van der Waals surface area contributed by atoms with Gasteiger partial charge in [-0.3, -0.25) is 4.18 Å². The molecule has 122 valence electrons. The Labute approximate surface area is 130 Å². The van der Waals surface area contributed by atoms with E-state index in [9.17, 15) is 13.2 Å². The van der Waals surface area contributed by atoms with Crippen LogP contribution in [0.4, 0.5) is 4.79 Å². The molecular weight excluding hydrogens is 306 g/mol. The molecule has 2 unspecified atom stereocenters. The molecular formula is C15H21NO5S. The summed E-state index contributed by atoms with van der Waals surface area (Å²) in [5, 5.41) is 2.60. The van der Waals surface area contributed by atoms with Crippen LogP contribution in [-0.2, 0) is 19.0 Å². The minimum atomic E-state index is -3.84. The zero-order chi connectivity index (χ0) is 16.3. The van der Waals surface area contributed by atoms with Crippen LogP contribution in [0.15, 0.2) is 29.2 Å². The maximum Gasteiger partial charge on any atom is 0.407 e. The van der Waals surface area contributed by atoms with Gasteiger partial charge in [0, 0.05) is 0 Å². The van der Waals surface area contributed by atoms with E-state index in [1.807, 2.05) is 20.8 Å². The fourth-order valence-corrected chi connectivity index (χ4v) is 3.22. The zero-order valence-electron chi connectivity index (χ0n) is 12.9. The van der Waals surface area contributed by atoms with Crippen LogP contribution in [0.5, 0.6) is 0 Å². The quantitative estimate of drug-likeness (QED) is 0.810. The van der Waals surface area contributed by atoms with Crippen molar-refractivity contribution in [1.29, 1.82) is 0 Å². The molecule has 0 radical (unpaired) electrons. The zero-order valence-corrected chi connectivity index (χ0v) is 13.7. The Kier molecular flexibility index (Phi) is 5.08. The summed E-state index contributed by atoms with van der Waals surface area (Å²) in [7, 11) is -3.84. The van der Waals surface area contributed by atoms with Crippen LogP contribution in [-0.4, -0.2) is 33.3 Å². The molecule has 0 bridgehead atoms. The van der Waals surface area contributed by atoms with Crippen molar-refractivity contribution in [3.8, 4) is 0 Å². The molecule has 1 N–H and O–H groups in total. The second kappa shape index (κ2) is 6.66. The minimum absolute atomic E-state index is 0.100. The van der Waals surface area contributed by atoms with E-state index in [0.29, 0.717) is 0 Å². The van der Waals surface area contributed by atoms with Crippen molar-refractivity contribution >= 4 is 16.2 Å². The molecule has 1 aliphatic rings. The van der Waals surface area contributed by atoms with E-state index in [0.717, 1.165) is 12.0 Å². The Balaban J connectivity index is 2.04. The lowest BCUT2D eigenvalue weighted by atomic mass is 9.97. The summed E-state index contributed by atoms with van der Waals surface area (Å²) in [6, 6.07) is 5.95. The Morgan fingerprint density at radius 2 is 1.95 bits per heavy atom. The molecule has 1 amide bonds. The van der Waals surface area contributed by atoms with E-state index in [-0.39, 0.29) is 23.5 Å². The Hall–Kier alpha value is -1.60. The topological polar surface area (TPSA) is 81.7 Å². The second-order valence-corrected chi connectivity index (χ2v) is 7.17. The van der Waals surface area contributed by atoms with Gasteiger partial charge in [-0.25, -0.2) is 4.79 Å². The minimum Gasteiger partial charge on any atom is -0.444 e. The van der Waals surface area contributed by atoms with Gasteiger partial charge in [0.2, 0.25) is 0 Å². The van der Waals surface area contributed by atoms with Crippen LogP contribution in [0, 0.1) is 12.8 Å². The van der Waals surface area contributed by atoms with Gasteiger partial charge in [0.15, 0.2) is 0 Å². The first-order valence-corrected chi connectivity index (χ1v) is 8.67. The summed E-state index contributed by atoms with van der Waals surface area (Å²) < 4.78 is 34.6. The summed E-state index contributed by atoms with van der Waals surface area (Å²) in [5.74, 6) is 0.120. The highest BCUT2D eigenvalue weighted by Gasteiger charge is 2.38. The van der Waals surface area contributed by atoms with Gasteiger partial charge in [0.05, 0.1) is 17.5 Å². The average molecular weight is 327 g/mol. The van der Waals surface area contributed by atoms with Crippen LogP contribution in [0.1, 0.15) is 25.8 Å². The van der Waals surface area contributed by atoms with E-state index in [4.69, 9.17) is 8.92 Å². The molecule has 2 rings (SSSR count).